The minimum Gasteiger partial charge on any atom is -0.354 e. The van der Waals surface area contributed by atoms with Gasteiger partial charge >= 0.3 is 0 Å². The van der Waals surface area contributed by atoms with Gasteiger partial charge in [0.15, 0.2) is 0 Å². The molecule has 0 unspecified atom stereocenters. The van der Waals surface area contributed by atoms with Crippen LogP contribution in [0.3, 0.4) is 0 Å². The van der Waals surface area contributed by atoms with Crippen LogP contribution >= 0.6 is 11.6 Å². The Morgan fingerprint density at radius 1 is 1.20 bits per heavy atom. The number of nitrogens with zero attached hydrogens (tertiary/aromatic N) is 4. The van der Waals surface area contributed by atoms with Crippen LogP contribution in [0.25, 0.3) is 0 Å². The van der Waals surface area contributed by atoms with Gasteiger partial charge in [-0.3, -0.25) is 9.69 Å². The van der Waals surface area contributed by atoms with Crippen molar-refractivity contribution in [2.24, 2.45) is 0 Å². The fourth-order valence-electron chi connectivity index (χ4n) is 4.00. The van der Waals surface area contributed by atoms with Crippen LogP contribution in [0.4, 0.5) is 5.82 Å². The van der Waals surface area contributed by atoms with E-state index < -0.39 is 0 Å². The van der Waals surface area contributed by atoms with Crippen molar-refractivity contribution < 1.29 is 4.79 Å². The number of pyridine rings is 1. The molecule has 1 amide bonds. The summed E-state index contributed by atoms with van der Waals surface area (Å²) in [4.78, 5) is 23.8. The number of amides is 1. The van der Waals surface area contributed by atoms with E-state index >= 15 is 0 Å². The number of anilines is 1. The molecule has 0 spiro atoms. The molecule has 1 saturated carbocycles. The van der Waals surface area contributed by atoms with Crippen molar-refractivity contribution in [1.29, 1.82) is 0 Å². The first-order valence-corrected chi connectivity index (χ1v) is 9.93. The van der Waals surface area contributed by atoms with Crippen molar-refractivity contribution in [3.05, 3.63) is 23.4 Å². The third-order valence-corrected chi connectivity index (χ3v) is 5.67. The summed E-state index contributed by atoms with van der Waals surface area (Å²) in [5, 5.41) is 0.662. The van der Waals surface area contributed by atoms with Crippen molar-refractivity contribution >= 4 is 23.3 Å². The van der Waals surface area contributed by atoms with Crippen molar-refractivity contribution in [2.75, 3.05) is 44.2 Å². The summed E-state index contributed by atoms with van der Waals surface area (Å²) in [6, 6.07) is 4.31. The van der Waals surface area contributed by atoms with Crippen LogP contribution in [-0.2, 0) is 4.79 Å². The number of hydrogen-bond donors (Lipinski definition) is 0. The molecule has 0 radical (unpaired) electrons. The Balaban J connectivity index is 1.49. The van der Waals surface area contributed by atoms with Crippen LogP contribution in [0.5, 0.6) is 0 Å². The first-order valence-electron chi connectivity index (χ1n) is 9.55. The third-order valence-electron chi connectivity index (χ3n) is 5.44. The molecule has 5 nitrogen and oxygen atoms in total. The highest BCUT2D eigenvalue weighted by Gasteiger charge is 2.26. The van der Waals surface area contributed by atoms with Gasteiger partial charge in [0.05, 0.1) is 11.6 Å². The maximum Gasteiger partial charge on any atom is 0.236 e. The number of likely N-dealkylation sites (N-methyl/N-ethyl adjacent to an activating group) is 1. The lowest BCUT2D eigenvalue weighted by atomic mass is 9.94. The number of piperazine rings is 1. The molecule has 1 aliphatic heterocycles. The summed E-state index contributed by atoms with van der Waals surface area (Å²) in [6.45, 7) is 7.09. The lowest BCUT2D eigenvalue weighted by Crippen LogP contribution is -2.52. The molecule has 2 aliphatic rings. The van der Waals surface area contributed by atoms with Gasteiger partial charge in [0.25, 0.3) is 0 Å². The fraction of sp³-hybridized carbons (Fsp3) is 0.684. The van der Waals surface area contributed by atoms with Crippen molar-refractivity contribution in [2.45, 2.75) is 45.1 Å². The monoisotopic (exact) mass is 364 g/mol. The van der Waals surface area contributed by atoms with Crippen LogP contribution < -0.4 is 4.90 Å². The molecule has 1 aromatic heterocycles. The highest BCUT2D eigenvalue weighted by Crippen LogP contribution is 2.23. The zero-order chi connectivity index (χ0) is 17.6. The van der Waals surface area contributed by atoms with Crippen LogP contribution in [0, 0.1) is 0 Å². The Labute approximate surface area is 155 Å². The molecule has 1 saturated heterocycles. The molecule has 138 valence electrons. The van der Waals surface area contributed by atoms with Gasteiger partial charge in [0.2, 0.25) is 5.91 Å². The van der Waals surface area contributed by atoms with Gasteiger partial charge in [-0.2, -0.15) is 0 Å². The molecule has 3 rings (SSSR count). The molecule has 0 bridgehead atoms. The molecule has 0 aromatic carbocycles. The van der Waals surface area contributed by atoms with E-state index in [0.29, 0.717) is 23.5 Å². The van der Waals surface area contributed by atoms with E-state index in [-0.39, 0.29) is 0 Å². The van der Waals surface area contributed by atoms with Crippen LogP contribution in [0.15, 0.2) is 18.3 Å². The second kappa shape index (κ2) is 8.86. The summed E-state index contributed by atoms with van der Waals surface area (Å²) < 4.78 is 0. The average molecular weight is 365 g/mol. The number of hydrogen-bond acceptors (Lipinski definition) is 4. The quantitative estimate of drug-likeness (QED) is 0.805. The number of rotatable bonds is 5. The number of halogens is 1. The van der Waals surface area contributed by atoms with Gasteiger partial charge in [-0.1, -0.05) is 30.9 Å². The highest BCUT2D eigenvalue weighted by atomic mass is 35.5. The molecule has 2 heterocycles. The molecule has 0 N–H and O–H groups in total. The van der Waals surface area contributed by atoms with Gasteiger partial charge in [0.1, 0.15) is 5.82 Å². The van der Waals surface area contributed by atoms with Gasteiger partial charge in [-0.25, -0.2) is 4.98 Å². The lowest BCUT2D eigenvalue weighted by molar-refractivity contribution is -0.135. The van der Waals surface area contributed by atoms with Gasteiger partial charge in [0, 0.05) is 45.0 Å². The molecule has 2 fully saturated rings. The Hall–Kier alpha value is -1.33. The Bertz CT molecular complexity index is 551. The third kappa shape index (κ3) is 4.85. The molecule has 1 aromatic rings. The Morgan fingerprint density at radius 2 is 1.92 bits per heavy atom. The molecular weight excluding hydrogens is 336 g/mol. The zero-order valence-corrected chi connectivity index (χ0v) is 15.9. The van der Waals surface area contributed by atoms with E-state index in [1.165, 1.54) is 32.1 Å². The summed E-state index contributed by atoms with van der Waals surface area (Å²) in [5.74, 6) is 1.26. The normalized spacial score (nSPS) is 19.8. The predicted octanol–water partition coefficient (Wildman–Crippen LogP) is 3.04. The van der Waals surface area contributed by atoms with Gasteiger partial charge in [-0.05, 0) is 31.9 Å². The van der Waals surface area contributed by atoms with Crippen LogP contribution in [0.1, 0.15) is 39.0 Å². The van der Waals surface area contributed by atoms with Crippen molar-refractivity contribution in [3.63, 3.8) is 0 Å². The van der Waals surface area contributed by atoms with E-state index in [0.717, 1.165) is 38.5 Å². The standard InChI is InChI=1S/C19H29ClN4O/c1-2-24(17-6-4-3-5-7-17)19(25)15-22-10-12-23(13-11-22)18-9-8-16(20)14-21-18/h8-9,14,17H,2-7,10-13,15H2,1H3. The molecule has 1 aliphatic carbocycles. The molecule has 6 heteroatoms. The van der Waals surface area contributed by atoms with E-state index in [9.17, 15) is 4.79 Å². The van der Waals surface area contributed by atoms with Gasteiger partial charge in [-0.15, -0.1) is 0 Å². The van der Waals surface area contributed by atoms with Crippen LogP contribution in [-0.4, -0.2) is 66.0 Å². The fourth-order valence-corrected chi connectivity index (χ4v) is 4.11. The summed E-state index contributed by atoms with van der Waals surface area (Å²) in [5.41, 5.74) is 0. The minimum absolute atomic E-state index is 0.299. The molecular formula is C19H29ClN4O. The maximum atomic E-state index is 12.8. The molecule has 0 atom stereocenters. The minimum atomic E-state index is 0.299. The average Bonchev–Trinajstić information content (AvgIpc) is 2.65. The smallest absolute Gasteiger partial charge is 0.236 e. The van der Waals surface area contributed by atoms with Crippen molar-refractivity contribution in [1.82, 2.24) is 14.8 Å². The van der Waals surface area contributed by atoms with Crippen molar-refractivity contribution in [3.8, 4) is 0 Å². The Kier molecular flexibility index (Phi) is 6.54. The largest absolute Gasteiger partial charge is 0.354 e. The summed E-state index contributed by atoms with van der Waals surface area (Å²) in [7, 11) is 0. The van der Waals surface area contributed by atoms with E-state index in [1.54, 1.807) is 6.20 Å². The maximum absolute atomic E-state index is 12.8. The zero-order valence-electron chi connectivity index (χ0n) is 15.2. The summed E-state index contributed by atoms with van der Waals surface area (Å²) in [6.07, 6.45) is 7.90. The van der Waals surface area contributed by atoms with Crippen LogP contribution in [0.2, 0.25) is 5.02 Å². The first-order chi connectivity index (χ1) is 12.2. The van der Waals surface area contributed by atoms with E-state index in [2.05, 4.69) is 26.6 Å². The second-order valence-corrected chi connectivity index (χ2v) is 7.51. The predicted molar refractivity (Wildman–Crippen MR) is 102 cm³/mol. The van der Waals surface area contributed by atoms with Gasteiger partial charge < -0.3 is 9.80 Å². The SMILES string of the molecule is CCN(C(=O)CN1CCN(c2ccc(Cl)cn2)CC1)C1CCCCC1. The van der Waals surface area contributed by atoms with E-state index in [4.69, 9.17) is 11.6 Å². The highest BCUT2D eigenvalue weighted by molar-refractivity contribution is 6.30. The number of carbonyl (C=O) groups is 1. The Morgan fingerprint density at radius 3 is 2.52 bits per heavy atom. The number of carbonyl (C=O) groups excluding carboxylic acids is 1. The topological polar surface area (TPSA) is 39.7 Å². The van der Waals surface area contributed by atoms with E-state index in [1.807, 2.05) is 12.1 Å². The molecule has 25 heavy (non-hydrogen) atoms. The summed E-state index contributed by atoms with van der Waals surface area (Å²) >= 11 is 5.91. The number of aromatic nitrogens is 1. The first kappa shape index (κ1) is 18.5. The lowest BCUT2D eigenvalue weighted by Gasteiger charge is -2.38. The second-order valence-electron chi connectivity index (χ2n) is 7.07.